The molecule has 3 aromatic carbocycles. The first-order valence-corrected chi connectivity index (χ1v) is 8.27. The molecule has 26 heavy (non-hydrogen) atoms. The number of methoxy groups -OCH3 is 1. The van der Waals surface area contributed by atoms with E-state index in [1.807, 2.05) is 36.4 Å². The van der Waals surface area contributed by atoms with Crippen LogP contribution in [0.25, 0.3) is 0 Å². The highest BCUT2D eigenvalue weighted by molar-refractivity contribution is 6.09. The summed E-state index contributed by atoms with van der Waals surface area (Å²) in [6, 6.07) is 24.4. The number of nitrogens with one attached hydrogen (secondary N) is 1. The molecule has 0 unspecified atom stereocenters. The van der Waals surface area contributed by atoms with E-state index in [0.29, 0.717) is 0 Å². The van der Waals surface area contributed by atoms with E-state index in [0.717, 1.165) is 28.5 Å². The zero-order chi connectivity index (χ0) is 17.6. The van der Waals surface area contributed by atoms with Gasteiger partial charge < -0.3 is 10.1 Å². The number of halogens is 1. The summed E-state index contributed by atoms with van der Waals surface area (Å²) in [7, 11) is 1.67. The van der Waals surface area contributed by atoms with Crippen molar-refractivity contribution in [3.8, 4) is 5.75 Å². The van der Waals surface area contributed by atoms with Crippen LogP contribution in [0, 0.1) is 13.8 Å². The largest absolute Gasteiger partial charge is 0.497 e. The molecule has 0 aliphatic carbocycles. The normalized spacial score (nSPS) is 10.8. The van der Waals surface area contributed by atoms with Crippen LogP contribution in [-0.4, -0.2) is 12.9 Å². The molecule has 0 heterocycles. The maximum absolute atomic E-state index is 5.22. The van der Waals surface area contributed by atoms with Gasteiger partial charge in [-0.1, -0.05) is 47.5 Å². The summed E-state index contributed by atoms with van der Waals surface area (Å²) in [5, 5.41) is 3.42. The highest BCUT2D eigenvalue weighted by Crippen LogP contribution is 2.19. The van der Waals surface area contributed by atoms with Gasteiger partial charge in [-0.3, -0.25) is 0 Å². The number of aryl methyl sites for hydroxylation is 2. The van der Waals surface area contributed by atoms with Crippen LogP contribution in [0.15, 0.2) is 77.8 Å². The van der Waals surface area contributed by atoms with E-state index in [2.05, 4.69) is 55.6 Å². The van der Waals surface area contributed by atoms with Gasteiger partial charge in [-0.2, -0.15) is 0 Å². The van der Waals surface area contributed by atoms with Crippen LogP contribution in [-0.2, 0) is 0 Å². The lowest BCUT2D eigenvalue weighted by Crippen LogP contribution is -2.13. The number of nitrogens with zero attached hydrogens (tertiary/aromatic N) is 1. The number of benzene rings is 3. The van der Waals surface area contributed by atoms with Crippen molar-refractivity contribution >= 4 is 29.6 Å². The molecule has 0 bridgehead atoms. The summed E-state index contributed by atoms with van der Waals surface area (Å²) >= 11 is 0. The first kappa shape index (κ1) is 19.5. The lowest BCUT2D eigenvalue weighted by atomic mass is 10.1. The van der Waals surface area contributed by atoms with Crippen LogP contribution in [0.5, 0.6) is 5.75 Å². The monoisotopic (exact) mass is 366 g/mol. The standard InChI is InChI=1S/C22H22N2O.ClH/c1-16-4-8-18(9-5-16)22(23-19-10-6-17(2)7-11-19)24-20-12-14-21(25-3)15-13-20;/h4-15H,1-3H3,(H,23,24);1H. The van der Waals surface area contributed by atoms with Crippen molar-refractivity contribution in [1.29, 1.82) is 0 Å². The first-order valence-electron chi connectivity index (χ1n) is 8.27. The highest BCUT2D eigenvalue weighted by atomic mass is 35.5. The maximum atomic E-state index is 5.22. The molecule has 3 nitrogen and oxygen atoms in total. The van der Waals surface area contributed by atoms with Crippen LogP contribution in [0.1, 0.15) is 16.7 Å². The number of rotatable bonds is 4. The van der Waals surface area contributed by atoms with Crippen molar-refractivity contribution in [1.82, 2.24) is 0 Å². The quantitative estimate of drug-likeness (QED) is 0.459. The third kappa shape index (κ3) is 5.11. The van der Waals surface area contributed by atoms with Gasteiger partial charge in [0.05, 0.1) is 12.8 Å². The van der Waals surface area contributed by atoms with Gasteiger partial charge in [0.1, 0.15) is 11.6 Å². The predicted octanol–water partition coefficient (Wildman–Crippen LogP) is 5.92. The Kier molecular flexibility index (Phi) is 6.81. The third-order valence-electron chi connectivity index (χ3n) is 3.95. The summed E-state index contributed by atoms with van der Waals surface area (Å²) in [4.78, 5) is 4.81. The molecule has 0 fully saturated rings. The molecule has 3 rings (SSSR count). The van der Waals surface area contributed by atoms with Gasteiger partial charge in [0, 0.05) is 11.3 Å². The van der Waals surface area contributed by atoms with E-state index in [9.17, 15) is 0 Å². The van der Waals surface area contributed by atoms with Gasteiger partial charge in [0.2, 0.25) is 0 Å². The zero-order valence-corrected chi connectivity index (χ0v) is 16.0. The third-order valence-corrected chi connectivity index (χ3v) is 3.95. The molecule has 0 aliphatic heterocycles. The summed E-state index contributed by atoms with van der Waals surface area (Å²) in [6.07, 6.45) is 0. The average molecular weight is 367 g/mol. The molecule has 0 amide bonds. The van der Waals surface area contributed by atoms with E-state index in [1.165, 1.54) is 11.1 Å². The van der Waals surface area contributed by atoms with Crippen molar-refractivity contribution in [3.63, 3.8) is 0 Å². The molecule has 134 valence electrons. The molecule has 3 aromatic rings. The molecule has 0 radical (unpaired) electrons. The van der Waals surface area contributed by atoms with Gasteiger partial charge in [-0.05, 0) is 50.2 Å². The second-order valence-corrected chi connectivity index (χ2v) is 6.02. The minimum atomic E-state index is 0. The highest BCUT2D eigenvalue weighted by Gasteiger charge is 2.05. The average Bonchev–Trinajstić information content (AvgIpc) is 2.64. The van der Waals surface area contributed by atoms with Crippen LogP contribution in [0.3, 0.4) is 0 Å². The van der Waals surface area contributed by atoms with E-state index in [-0.39, 0.29) is 12.4 Å². The fraction of sp³-hybridized carbons (Fsp3) is 0.136. The summed E-state index contributed by atoms with van der Waals surface area (Å²) in [5.74, 6) is 1.65. The van der Waals surface area contributed by atoms with E-state index < -0.39 is 0 Å². The molecule has 0 spiro atoms. The van der Waals surface area contributed by atoms with Crippen molar-refractivity contribution < 1.29 is 4.74 Å². The lowest BCUT2D eigenvalue weighted by Gasteiger charge is -2.12. The molecular formula is C22H23ClN2O. The Morgan fingerprint density at radius 2 is 1.31 bits per heavy atom. The van der Waals surface area contributed by atoms with Gasteiger partial charge in [-0.15, -0.1) is 12.4 Å². The van der Waals surface area contributed by atoms with Crippen LogP contribution < -0.4 is 10.1 Å². The second-order valence-electron chi connectivity index (χ2n) is 6.02. The summed E-state index contributed by atoms with van der Waals surface area (Å²) < 4.78 is 5.22. The van der Waals surface area contributed by atoms with Gasteiger partial charge >= 0.3 is 0 Å². The Morgan fingerprint density at radius 1 is 0.769 bits per heavy atom. The van der Waals surface area contributed by atoms with Crippen molar-refractivity contribution in [3.05, 3.63) is 89.5 Å². The molecule has 0 aliphatic rings. The predicted molar refractivity (Wildman–Crippen MR) is 112 cm³/mol. The number of aliphatic imine (C=N–C) groups is 1. The van der Waals surface area contributed by atoms with Crippen LogP contribution >= 0.6 is 12.4 Å². The number of amidine groups is 1. The van der Waals surface area contributed by atoms with Gasteiger partial charge in [0.25, 0.3) is 0 Å². The Balaban J connectivity index is 0.00000243. The lowest BCUT2D eigenvalue weighted by molar-refractivity contribution is 0.415. The van der Waals surface area contributed by atoms with Crippen LogP contribution in [0.2, 0.25) is 0 Å². The van der Waals surface area contributed by atoms with Gasteiger partial charge in [-0.25, -0.2) is 4.99 Å². The Hall–Kier alpha value is -2.78. The fourth-order valence-electron chi connectivity index (χ4n) is 2.44. The zero-order valence-electron chi connectivity index (χ0n) is 15.2. The summed E-state index contributed by atoms with van der Waals surface area (Å²) in [5.41, 5.74) is 5.37. The minimum absolute atomic E-state index is 0. The maximum Gasteiger partial charge on any atom is 0.138 e. The van der Waals surface area contributed by atoms with Gasteiger partial charge in [0.15, 0.2) is 0 Å². The molecule has 0 saturated carbocycles. The van der Waals surface area contributed by atoms with E-state index >= 15 is 0 Å². The number of anilines is 1. The number of hydrogen-bond acceptors (Lipinski definition) is 2. The van der Waals surface area contributed by atoms with Crippen molar-refractivity contribution in [2.75, 3.05) is 12.4 Å². The molecule has 4 heteroatoms. The van der Waals surface area contributed by atoms with E-state index in [4.69, 9.17) is 9.73 Å². The first-order chi connectivity index (χ1) is 12.1. The minimum Gasteiger partial charge on any atom is -0.497 e. The fourth-order valence-corrected chi connectivity index (χ4v) is 2.44. The molecule has 0 aromatic heterocycles. The van der Waals surface area contributed by atoms with E-state index in [1.54, 1.807) is 7.11 Å². The van der Waals surface area contributed by atoms with Crippen LogP contribution in [0.4, 0.5) is 11.4 Å². The SMILES string of the molecule is COc1ccc(NC(=Nc2ccc(C)cc2)c2ccc(C)cc2)cc1.Cl. The van der Waals surface area contributed by atoms with Crippen molar-refractivity contribution in [2.24, 2.45) is 4.99 Å². The molecular weight excluding hydrogens is 344 g/mol. The summed E-state index contributed by atoms with van der Waals surface area (Å²) in [6.45, 7) is 4.15. The topological polar surface area (TPSA) is 33.6 Å². The second kappa shape index (κ2) is 9.07. The Bertz CT molecular complexity index is 854. The smallest absolute Gasteiger partial charge is 0.138 e. The molecule has 0 saturated heterocycles. The molecule has 1 N–H and O–H groups in total. The number of hydrogen-bond donors (Lipinski definition) is 1. The Morgan fingerprint density at radius 3 is 1.85 bits per heavy atom. The number of ether oxygens (including phenoxy) is 1. The van der Waals surface area contributed by atoms with Crippen molar-refractivity contribution in [2.45, 2.75) is 13.8 Å². The molecule has 0 atom stereocenters. The Labute approximate surface area is 161 Å².